The van der Waals surface area contributed by atoms with Crippen molar-refractivity contribution >= 4 is 0 Å². The van der Waals surface area contributed by atoms with Crippen LogP contribution in [0, 0.1) is 0 Å². The molecule has 1 fully saturated rings. The third-order valence-electron chi connectivity index (χ3n) is 1.82. The van der Waals surface area contributed by atoms with Crippen molar-refractivity contribution in [1.82, 2.24) is 0 Å². The molecule has 72 valence electrons. The van der Waals surface area contributed by atoms with Crippen molar-refractivity contribution in [3.8, 4) is 0 Å². The van der Waals surface area contributed by atoms with Crippen molar-refractivity contribution in [1.29, 1.82) is 0 Å². The molecule has 1 aliphatic rings. The van der Waals surface area contributed by atoms with Crippen LogP contribution in [0.15, 0.2) is 0 Å². The fourth-order valence-electron chi connectivity index (χ4n) is 1.06. The van der Waals surface area contributed by atoms with Crippen LogP contribution in [0.1, 0.15) is 0 Å². The minimum Gasteiger partial charge on any atom is -0.394 e. The second-order valence-corrected chi connectivity index (χ2v) is 2.67. The third-order valence-corrected chi connectivity index (χ3v) is 1.82. The van der Waals surface area contributed by atoms with Gasteiger partial charge >= 0.3 is 0 Å². The molecule has 0 amide bonds. The van der Waals surface area contributed by atoms with Crippen LogP contribution in [0.25, 0.3) is 0 Å². The van der Waals surface area contributed by atoms with Crippen LogP contribution in [0.5, 0.6) is 0 Å². The summed E-state index contributed by atoms with van der Waals surface area (Å²) in [7, 11) is 0. The molecule has 0 radical (unpaired) electrons. The monoisotopic (exact) mass is 182 g/mol. The second kappa shape index (κ2) is 3.63. The maximum Gasteiger partial charge on any atom is 0.184 e. The Labute approximate surface area is 68.0 Å². The Hall–Kier alpha value is -0.270. The lowest BCUT2D eigenvalue weighted by Crippen LogP contribution is -2.56. The molecule has 1 heterocycles. The number of aliphatic hydroxyl groups is 4. The van der Waals surface area contributed by atoms with Crippen LogP contribution in [0.4, 0.5) is 4.39 Å². The summed E-state index contributed by atoms with van der Waals surface area (Å²) in [5, 5.41) is 35.2. The van der Waals surface area contributed by atoms with Crippen LogP contribution >= 0.6 is 0 Å². The molecule has 12 heavy (non-hydrogen) atoms. The first-order chi connectivity index (χ1) is 5.57. The summed E-state index contributed by atoms with van der Waals surface area (Å²) in [5.74, 6) is 0. The van der Waals surface area contributed by atoms with Gasteiger partial charge in [-0.2, -0.15) is 0 Å². The first-order valence-corrected chi connectivity index (χ1v) is 3.52. The quantitative estimate of drug-likeness (QED) is 0.368. The molecule has 0 saturated carbocycles. The van der Waals surface area contributed by atoms with Crippen molar-refractivity contribution in [3.63, 3.8) is 0 Å². The Kier molecular flexibility index (Phi) is 2.97. The highest BCUT2D eigenvalue weighted by atomic mass is 19.1. The van der Waals surface area contributed by atoms with E-state index in [1.165, 1.54) is 0 Å². The molecule has 4 N–H and O–H groups in total. The topological polar surface area (TPSA) is 90.2 Å². The van der Waals surface area contributed by atoms with Crippen LogP contribution < -0.4 is 0 Å². The van der Waals surface area contributed by atoms with E-state index in [9.17, 15) is 4.39 Å². The molecule has 0 aromatic rings. The number of halogens is 1. The molecule has 0 unspecified atom stereocenters. The van der Waals surface area contributed by atoms with E-state index in [4.69, 9.17) is 20.4 Å². The first kappa shape index (κ1) is 9.82. The van der Waals surface area contributed by atoms with Crippen LogP contribution in [0.2, 0.25) is 0 Å². The maximum absolute atomic E-state index is 12.8. The third kappa shape index (κ3) is 1.57. The first-order valence-electron chi connectivity index (χ1n) is 3.52. The van der Waals surface area contributed by atoms with Gasteiger partial charge in [0.2, 0.25) is 0 Å². The van der Waals surface area contributed by atoms with Crippen molar-refractivity contribution < 1.29 is 29.6 Å². The highest BCUT2D eigenvalue weighted by Crippen LogP contribution is 2.21. The van der Waals surface area contributed by atoms with Crippen LogP contribution in [0.3, 0.4) is 0 Å². The largest absolute Gasteiger partial charge is 0.394 e. The Morgan fingerprint density at radius 1 is 1.17 bits per heavy atom. The van der Waals surface area contributed by atoms with E-state index in [-0.39, 0.29) is 0 Å². The molecule has 6 heteroatoms. The van der Waals surface area contributed by atoms with E-state index in [1.807, 2.05) is 0 Å². The molecule has 0 aromatic carbocycles. The molecular weight excluding hydrogens is 171 g/mol. The Morgan fingerprint density at radius 3 is 2.25 bits per heavy atom. The summed E-state index contributed by atoms with van der Waals surface area (Å²) in [6.07, 6.45) is -8.24. The Morgan fingerprint density at radius 2 is 1.75 bits per heavy atom. The zero-order valence-electron chi connectivity index (χ0n) is 6.17. The highest BCUT2D eigenvalue weighted by molar-refractivity contribution is 4.88. The standard InChI is InChI=1S/C6H11FO5/c7-3-4(9)2(1-8)12-6(11)5(3)10/h2-6,8-11H,1H2/t2-,3-,4-,5-,6-/m1/s1. The number of hydrogen-bond donors (Lipinski definition) is 4. The summed E-state index contributed by atoms with van der Waals surface area (Å²) < 4.78 is 17.3. The molecule has 1 rings (SSSR count). The van der Waals surface area contributed by atoms with Crippen molar-refractivity contribution in [2.45, 2.75) is 30.8 Å². The van der Waals surface area contributed by atoms with Crippen molar-refractivity contribution in [2.24, 2.45) is 0 Å². The van der Waals surface area contributed by atoms with E-state index < -0.39 is 37.4 Å². The Balaban J connectivity index is 2.63. The highest BCUT2D eigenvalue weighted by Gasteiger charge is 2.43. The van der Waals surface area contributed by atoms with Gasteiger partial charge in [-0.1, -0.05) is 0 Å². The Bertz CT molecular complexity index is 150. The smallest absolute Gasteiger partial charge is 0.184 e. The summed E-state index contributed by atoms with van der Waals surface area (Å²) in [5.41, 5.74) is 0. The van der Waals surface area contributed by atoms with E-state index in [1.54, 1.807) is 0 Å². The lowest BCUT2D eigenvalue weighted by molar-refractivity contribution is -0.274. The SMILES string of the molecule is OC[C@H]1O[C@@H](O)[C@H](O)[C@H](F)[C@@H]1O. The van der Waals surface area contributed by atoms with Gasteiger partial charge in [-0.15, -0.1) is 0 Å². The molecule has 0 spiro atoms. The van der Waals surface area contributed by atoms with Gasteiger partial charge in [0.05, 0.1) is 6.61 Å². The van der Waals surface area contributed by atoms with Gasteiger partial charge in [0.1, 0.15) is 18.3 Å². The summed E-state index contributed by atoms with van der Waals surface area (Å²) >= 11 is 0. The fourth-order valence-corrected chi connectivity index (χ4v) is 1.06. The van der Waals surface area contributed by atoms with Gasteiger partial charge in [0.25, 0.3) is 0 Å². The minimum atomic E-state index is -1.99. The van der Waals surface area contributed by atoms with Crippen LogP contribution in [-0.2, 0) is 4.74 Å². The molecule has 5 nitrogen and oxygen atoms in total. The molecule has 5 atom stereocenters. The number of alkyl halides is 1. The van der Waals surface area contributed by atoms with E-state index in [0.29, 0.717) is 0 Å². The molecule has 0 aliphatic carbocycles. The second-order valence-electron chi connectivity index (χ2n) is 2.67. The molecule has 1 aliphatic heterocycles. The normalized spacial score (nSPS) is 49.2. The molecular formula is C6H11FO5. The van der Waals surface area contributed by atoms with Crippen molar-refractivity contribution in [2.75, 3.05) is 6.61 Å². The van der Waals surface area contributed by atoms with Gasteiger partial charge in [-0.3, -0.25) is 0 Å². The minimum absolute atomic E-state index is 0.606. The van der Waals surface area contributed by atoms with Gasteiger partial charge < -0.3 is 25.2 Å². The summed E-state index contributed by atoms with van der Waals surface area (Å²) in [6, 6.07) is 0. The van der Waals surface area contributed by atoms with Crippen molar-refractivity contribution in [3.05, 3.63) is 0 Å². The van der Waals surface area contributed by atoms with Crippen LogP contribution in [-0.4, -0.2) is 57.8 Å². The average Bonchev–Trinajstić information content (AvgIpc) is 2.08. The van der Waals surface area contributed by atoms with Gasteiger partial charge in [0, 0.05) is 0 Å². The number of ether oxygens (including phenoxy) is 1. The molecule has 0 bridgehead atoms. The van der Waals surface area contributed by atoms with Gasteiger partial charge in [0.15, 0.2) is 12.5 Å². The van der Waals surface area contributed by atoms with E-state index >= 15 is 0 Å². The maximum atomic E-state index is 12.8. The lowest BCUT2D eigenvalue weighted by atomic mass is 10.0. The zero-order valence-corrected chi connectivity index (χ0v) is 6.17. The average molecular weight is 182 g/mol. The lowest BCUT2D eigenvalue weighted by Gasteiger charge is -2.36. The van der Waals surface area contributed by atoms with E-state index in [2.05, 4.69) is 4.74 Å². The summed E-state index contributed by atoms with van der Waals surface area (Å²) in [4.78, 5) is 0. The number of rotatable bonds is 1. The summed E-state index contributed by atoms with van der Waals surface area (Å²) in [6.45, 7) is -0.606. The zero-order chi connectivity index (χ0) is 9.30. The van der Waals surface area contributed by atoms with Gasteiger partial charge in [-0.05, 0) is 0 Å². The number of aliphatic hydroxyl groups excluding tert-OH is 4. The fraction of sp³-hybridized carbons (Fsp3) is 1.00. The van der Waals surface area contributed by atoms with E-state index in [0.717, 1.165) is 0 Å². The predicted octanol–water partition coefficient (Wildman–Crippen LogP) is -2.24. The predicted molar refractivity (Wildman–Crippen MR) is 34.9 cm³/mol. The van der Waals surface area contributed by atoms with Gasteiger partial charge in [-0.25, -0.2) is 4.39 Å². The molecule has 1 saturated heterocycles. The number of hydrogen-bond acceptors (Lipinski definition) is 5. The molecule has 0 aromatic heterocycles.